The van der Waals surface area contributed by atoms with E-state index in [1.165, 1.54) is 24.3 Å². The minimum atomic E-state index is -4.60. The molecule has 0 atom stereocenters. The standard InChI is InChI=1S/C28H18Cl2F3NO5/c29-22-12-19(34(15-25(36)37)27(38)17-6-8-18(9-7-17)28(31,32)33)13-23(30)26(22)39-20-10-11-24(35)21(14-20)16-4-2-1-3-5-16/h1-14,35H,15H2,(H,36,37). The normalized spacial score (nSPS) is 11.2. The largest absolute Gasteiger partial charge is 0.507 e. The fraction of sp³-hybridized carbons (Fsp3) is 0.0714. The first-order valence-electron chi connectivity index (χ1n) is 11.2. The lowest BCUT2D eigenvalue weighted by Gasteiger charge is -2.23. The predicted octanol–water partition coefficient (Wildman–Crippen LogP) is 7.91. The van der Waals surface area contributed by atoms with E-state index in [0.717, 1.165) is 34.7 Å². The molecule has 1 amide bonds. The van der Waals surface area contributed by atoms with Gasteiger partial charge in [0.2, 0.25) is 0 Å². The van der Waals surface area contributed by atoms with Gasteiger partial charge in [0.15, 0.2) is 5.75 Å². The molecular weight excluding hydrogens is 558 g/mol. The Hall–Kier alpha value is -4.21. The van der Waals surface area contributed by atoms with Crippen molar-refractivity contribution in [3.05, 3.63) is 106 Å². The maximum atomic E-state index is 13.1. The molecule has 0 saturated heterocycles. The fourth-order valence-electron chi connectivity index (χ4n) is 3.72. The summed E-state index contributed by atoms with van der Waals surface area (Å²) in [5.41, 5.74) is 0.0848. The summed E-state index contributed by atoms with van der Waals surface area (Å²) in [6.45, 7) is -0.814. The number of phenols is 1. The molecule has 4 aromatic rings. The molecular formula is C28H18Cl2F3NO5. The second-order valence-electron chi connectivity index (χ2n) is 8.25. The Balaban J connectivity index is 1.65. The van der Waals surface area contributed by atoms with Gasteiger partial charge in [-0.1, -0.05) is 53.5 Å². The van der Waals surface area contributed by atoms with Crippen molar-refractivity contribution in [1.29, 1.82) is 0 Å². The van der Waals surface area contributed by atoms with Crippen LogP contribution in [0.2, 0.25) is 10.0 Å². The fourth-order valence-corrected chi connectivity index (χ4v) is 4.27. The average molecular weight is 576 g/mol. The lowest BCUT2D eigenvalue weighted by molar-refractivity contribution is -0.137. The number of carbonyl (C=O) groups is 2. The van der Waals surface area contributed by atoms with Crippen LogP contribution in [-0.4, -0.2) is 28.6 Å². The van der Waals surface area contributed by atoms with Crippen LogP contribution in [0.3, 0.4) is 0 Å². The van der Waals surface area contributed by atoms with E-state index in [-0.39, 0.29) is 38.5 Å². The molecule has 4 aromatic carbocycles. The number of phenolic OH excluding ortho intramolecular Hbond substituents is 1. The van der Waals surface area contributed by atoms with Crippen molar-refractivity contribution in [2.24, 2.45) is 0 Å². The van der Waals surface area contributed by atoms with E-state index < -0.39 is 30.2 Å². The minimum absolute atomic E-state index is 0.00374. The zero-order valence-corrected chi connectivity index (χ0v) is 21.3. The first-order valence-corrected chi connectivity index (χ1v) is 12.0. The van der Waals surface area contributed by atoms with E-state index in [0.29, 0.717) is 5.56 Å². The number of amides is 1. The third-order valence-electron chi connectivity index (χ3n) is 5.57. The second-order valence-corrected chi connectivity index (χ2v) is 9.06. The van der Waals surface area contributed by atoms with Crippen molar-refractivity contribution in [1.82, 2.24) is 0 Å². The summed E-state index contributed by atoms with van der Waals surface area (Å²) >= 11 is 12.8. The molecule has 6 nitrogen and oxygen atoms in total. The SMILES string of the molecule is O=C(O)CN(C(=O)c1ccc(C(F)(F)F)cc1)c1cc(Cl)c(Oc2ccc(O)c(-c3ccccc3)c2)c(Cl)c1. The molecule has 0 aromatic heterocycles. The van der Waals surface area contributed by atoms with Crippen molar-refractivity contribution in [3.8, 4) is 28.4 Å². The Kier molecular flexibility index (Phi) is 8.03. The first-order chi connectivity index (χ1) is 18.4. The number of carboxylic acid groups (broad SMARTS) is 1. The van der Waals surface area contributed by atoms with Crippen LogP contribution in [0.1, 0.15) is 15.9 Å². The lowest BCUT2D eigenvalue weighted by Crippen LogP contribution is -2.35. The number of rotatable bonds is 7. The molecule has 39 heavy (non-hydrogen) atoms. The molecule has 0 saturated carbocycles. The van der Waals surface area contributed by atoms with Crippen LogP contribution in [0.5, 0.6) is 17.2 Å². The minimum Gasteiger partial charge on any atom is -0.507 e. The summed E-state index contributed by atoms with van der Waals surface area (Å²) < 4.78 is 44.6. The zero-order chi connectivity index (χ0) is 28.3. The number of benzene rings is 4. The van der Waals surface area contributed by atoms with E-state index in [1.807, 2.05) is 18.2 Å². The highest BCUT2D eigenvalue weighted by molar-refractivity contribution is 6.37. The number of aromatic hydroxyl groups is 1. The van der Waals surface area contributed by atoms with Crippen LogP contribution in [0, 0.1) is 0 Å². The van der Waals surface area contributed by atoms with Crippen LogP contribution in [0.25, 0.3) is 11.1 Å². The molecule has 0 aliphatic rings. The Labute approximate surface area is 230 Å². The number of nitrogens with zero attached hydrogens (tertiary/aromatic N) is 1. The van der Waals surface area contributed by atoms with Crippen LogP contribution >= 0.6 is 23.2 Å². The van der Waals surface area contributed by atoms with Gasteiger partial charge in [-0.05, 0) is 60.2 Å². The smallest absolute Gasteiger partial charge is 0.416 e. The summed E-state index contributed by atoms with van der Waals surface area (Å²) in [5.74, 6) is -1.94. The summed E-state index contributed by atoms with van der Waals surface area (Å²) in [6.07, 6.45) is -4.60. The van der Waals surface area contributed by atoms with Crippen LogP contribution in [0.15, 0.2) is 84.9 Å². The summed E-state index contributed by atoms with van der Waals surface area (Å²) in [7, 11) is 0. The van der Waals surface area contributed by atoms with Crippen molar-refractivity contribution in [2.75, 3.05) is 11.4 Å². The predicted molar refractivity (Wildman–Crippen MR) is 141 cm³/mol. The van der Waals surface area contributed by atoms with Crippen molar-refractivity contribution in [3.63, 3.8) is 0 Å². The van der Waals surface area contributed by atoms with E-state index in [1.54, 1.807) is 18.2 Å². The highest BCUT2D eigenvalue weighted by atomic mass is 35.5. The topological polar surface area (TPSA) is 87.1 Å². The van der Waals surface area contributed by atoms with Gasteiger partial charge in [-0.3, -0.25) is 14.5 Å². The van der Waals surface area contributed by atoms with Crippen LogP contribution < -0.4 is 9.64 Å². The van der Waals surface area contributed by atoms with Crippen molar-refractivity contribution >= 4 is 40.8 Å². The number of alkyl halides is 3. The summed E-state index contributed by atoms with van der Waals surface area (Å²) in [4.78, 5) is 25.4. The third kappa shape index (κ3) is 6.45. The van der Waals surface area contributed by atoms with Crippen molar-refractivity contribution in [2.45, 2.75) is 6.18 Å². The highest BCUT2D eigenvalue weighted by Crippen LogP contribution is 2.42. The van der Waals surface area contributed by atoms with Gasteiger partial charge in [-0.15, -0.1) is 0 Å². The number of aliphatic carboxylic acids is 1. The Morgan fingerprint density at radius 2 is 1.49 bits per heavy atom. The molecule has 11 heteroatoms. The van der Waals surface area contributed by atoms with E-state index in [2.05, 4.69) is 0 Å². The first kappa shape index (κ1) is 27.8. The number of carbonyl (C=O) groups excluding carboxylic acids is 1. The van der Waals surface area contributed by atoms with Gasteiger partial charge in [0.05, 0.1) is 15.6 Å². The van der Waals surface area contributed by atoms with Crippen LogP contribution in [0.4, 0.5) is 18.9 Å². The number of hydrogen-bond acceptors (Lipinski definition) is 4. The number of carboxylic acids is 1. The Bertz CT molecular complexity index is 1500. The molecule has 200 valence electrons. The molecule has 0 unspecified atom stereocenters. The molecule has 2 N–H and O–H groups in total. The van der Waals surface area contributed by atoms with Gasteiger partial charge in [-0.2, -0.15) is 13.2 Å². The number of halogens is 5. The molecule has 0 fully saturated rings. The quantitative estimate of drug-likeness (QED) is 0.234. The van der Waals surface area contributed by atoms with Gasteiger partial charge in [-0.25, -0.2) is 0 Å². The summed E-state index contributed by atoms with van der Waals surface area (Å²) in [6, 6.07) is 19.4. The monoisotopic (exact) mass is 575 g/mol. The van der Waals surface area contributed by atoms with Gasteiger partial charge in [0, 0.05) is 16.8 Å². The molecule has 0 heterocycles. The average Bonchev–Trinajstić information content (AvgIpc) is 2.89. The molecule has 0 bridgehead atoms. The molecule has 0 radical (unpaired) electrons. The maximum Gasteiger partial charge on any atom is 0.416 e. The number of anilines is 1. The van der Waals surface area contributed by atoms with Gasteiger partial charge in [0.25, 0.3) is 5.91 Å². The lowest BCUT2D eigenvalue weighted by atomic mass is 10.0. The number of ether oxygens (including phenoxy) is 1. The van der Waals surface area contributed by atoms with Gasteiger partial charge in [0.1, 0.15) is 18.0 Å². The Morgan fingerprint density at radius 1 is 0.872 bits per heavy atom. The third-order valence-corrected chi connectivity index (χ3v) is 6.13. The molecule has 4 rings (SSSR count). The summed E-state index contributed by atoms with van der Waals surface area (Å²) in [5, 5.41) is 19.5. The van der Waals surface area contributed by atoms with Gasteiger partial charge < -0.3 is 14.9 Å². The molecule has 0 spiro atoms. The molecule has 0 aliphatic carbocycles. The number of hydrogen-bond donors (Lipinski definition) is 2. The van der Waals surface area contributed by atoms with Crippen LogP contribution in [-0.2, 0) is 11.0 Å². The Morgan fingerprint density at radius 3 is 2.05 bits per heavy atom. The van der Waals surface area contributed by atoms with Gasteiger partial charge >= 0.3 is 12.1 Å². The highest BCUT2D eigenvalue weighted by Gasteiger charge is 2.31. The van der Waals surface area contributed by atoms with Crippen molar-refractivity contribution < 1.29 is 37.7 Å². The zero-order valence-electron chi connectivity index (χ0n) is 19.7. The van der Waals surface area contributed by atoms with E-state index in [9.17, 15) is 33.0 Å². The maximum absolute atomic E-state index is 13.1. The van der Waals surface area contributed by atoms with E-state index in [4.69, 9.17) is 27.9 Å². The van der Waals surface area contributed by atoms with E-state index >= 15 is 0 Å². The molecule has 0 aliphatic heterocycles. The second kappa shape index (κ2) is 11.3.